The highest BCUT2D eigenvalue weighted by molar-refractivity contribution is 5.95. The van der Waals surface area contributed by atoms with Crippen LogP contribution in [0.4, 0.5) is 4.39 Å². The molecule has 0 radical (unpaired) electrons. The van der Waals surface area contributed by atoms with E-state index in [2.05, 4.69) is 23.7 Å². The second kappa shape index (κ2) is 12.1. The number of hydrogen-bond donors (Lipinski definition) is 3. The van der Waals surface area contributed by atoms with E-state index in [-0.39, 0.29) is 41.6 Å². The third-order valence-electron chi connectivity index (χ3n) is 9.49. The summed E-state index contributed by atoms with van der Waals surface area (Å²) in [5.74, 6) is -0.847. The summed E-state index contributed by atoms with van der Waals surface area (Å²) in [7, 11) is 0. The van der Waals surface area contributed by atoms with Crippen LogP contribution < -0.4 is 16.6 Å². The van der Waals surface area contributed by atoms with Gasteiger partial charge in [-0.05, 0) is 86.8 Å². The molecular weight excluding hydrogens is 543 g/mol. The maximum Gasteiger partial charge on any atom is 0.258 e. The summed E-state index contributed by atoms with van der Waals surface area (Å²) in [6, 6.07) is 3.31. The van der Waals surface area contributed by atoms with Gasteiger partial charge in [-0.25, -0.2) is 4.39 Å². The molecule has 43 heavy (non-hydrogen) atoms. The van der Waals surface area contributed by atoms with Gasteiger partial charge in [0.15, 0.2) is 0 Å². The molecule has 1 aromatic carbocycles. The number of piperidine rings is 1. The fourth-order valence-electron chi connectivity index (χ4n) is 6.46. The highest BCUT2D eigenvalue weighted by Gasteiger charge is 2.34. The Bertz CT molecular complexity index is 1480. The average Bonchev–Trinajstić information content (AvgIpc) is 3.78. The number of benzene rings is 1. The van der Waals surface area contributed by atoms with E-state index in [1.165, 1.54) is 6.07 Å². The van der Waals surface area contributed by atoms with Gasteiger partial charge in [0.1, 0.15) is 5.82 Å². The second-order valence-corrected chi connectivity index (χ2v) is 14.1. The second-order valence-electron chi connectivity index (χ2n) is 14.1. The van der Waals surface area contributed by atoms with Crippen LogP contribution >= 0.6 is 0 Å². The highest BCUT2D eigenvalue weighted by atomic mass is 19.1. The van der Waals surface area contributed by atoms with Gasteiger partial charge < -0.3 is 20.7 Å². The Morgan fingerprint density at radius 2 is 2.00 bits per heavy atom. The van der Waals surface area contributed by atoms with E-state index >= 15 is 4.39 Å². The number of likely N-dealkylation sites (tertiary alicyclic amines) is 1. The van der Waals surface area contributed by atoms with Crippen molar-refractivity contribution in [2.24, 2.45) is 11.1 Å². The summed E-state index contributed by atoms with van der Waals surface area (Å²) in [4.78, 5) is 29.2. The van der Waals surface area contributed by atoms with Crippen LogP contribution in [-0.4, -0.2) is 51.8 Å². The molecule has 3 aliphatic rings. The molecule has 1 aliphatic heterocycles. The van der Waals surface area contributed by atoms with Crippen molar-refractivity contribution in [1.29, 1.82) is 0 Å². The molecule has 0 spiro atoms. The number of aliphatic hydroxyl groups is 1. The van der Waals surface area contributed by atoms with E-state index in [4.69, 9.17) is 5.73 Å². The summed E-state index contributed by atoms with van der Waals surface area (Å²) in [6.07, 6.45) is 12.6. The fourth-order valence-corrected chi connectivity index (χ4v) is 6.46. The standard InChI is InChI=1S/C35H47FN4O3/c1-6-7-31(39-14-12-35(5,37)13-15-39)29-19-40(20-34(3,4)21-41)33(43)26-11-8-23(16-28(26)29)27-17-24(18-30(36)22(27)2)32(42)38-25-9-10-25/h6,8,11,17-19,23,25,31,41H,1,7,9-10,12-16,20-21,37H2,2-5H3,(H,38,42). The molecule has 1 aromatic heterocycles. The zero-order chi connectivity index (χ0) is 31.1. The van der Waals surface area contributed by atoms with Crippen LogP contribution in [0.5, 0.6) is 0 Å². The molecule has 2 atom stereocenters. The van der Waals surface area contributed by atoms with Gasteiger partial charge in [-0.1, -0.05) is 32.1 Å². The lowest BCUT2D eigenvalue weighted by Gasteiger charge is -2.42. The van der Waals surface area contributed by atoms with Gasteiger partial charge >= 0.3 is 0 Å². The number of allylic oxidation sites excluding steroid dienone is 1. The van der Waals surface area contributed by atoms with Gasteiger partial charge in [0.2, 0.25) is 0 Å². The molecule has 1 saturated carbocycles. The van der Waals surface area contributed by atoms with Crippen molar-refractivity contribution in [1.82, 2.24) is 14.8 Å². The van der Waals surface area contributed by atoms with Gasteiger partial charge in [0.05, 0.1) is 0 Å². The fraction of sp³-hybridized carbons (Fsp3) is 0.543. The van der Waals surface area contributed by atoms with Gasteiger partial charge in [-0.15, -0.1) is 6.58 Å². The molecule has 1 saturated heterocycles. The first-order chi connectivity index (χ1) is 20.3. The Hall–Kier alpha value is -3.07. The van der Waals surface area contributed by atoms with Crippen molar-refractivity contribution in [2.75, 3.05) is 19.7 Å². The van der Waals surface area contributed by atoms with Crippen LogP contribution in [0.2, 0.25) is 0 Å². The number of carbonyl (C=O) groups excluding carboxylic acids is 1. The molecule has 2 fully saturated rings. The number of aromatic nitrogens is 1. The number of nitrogens with one attached hydrogen (secondary N) is 1. The predicted octanol–water partition coefficient (Wildman–Crippen LogP) is 4.99. The van der Waals surface area contributed by atoms with E-state index in [0.29, 0.717) is 36.1 Å². The van der Waals surface area contributed by atoms with Crippen LogP contribution in [-0.2, 0) is 13.0 Å². The average molecular weight is 591 g/mol. The topological polar surface area (TPSA) is 101 Å². The highest BCUT2D eigenvalue weighted by Crippen LogP contribution is 2.39. The van der Waals surface area contributed by atoms with Crippen molar-refractivity contribution < 1.29 is 14.3 Å². The molecule has 7 nitrogen and oxygen atoms in total. The first-order valence-electron chi connectivity index (χ1n) is 15.6. The third kappa shape index (κ3) is 6.87. The van der Waals surface area contributed by atoms with Crippen molar-refractivity contribution in [3.63, 3.8) is 0 Å². The number of fused-ring (bicyclic) bond motifs is 1. The molecular formula is C35H47FN4O3. The molecule has 2 aliphatic carbocycles. The molecule has 2 aromatic rings. The Morgan fingerprint density at radius 3 is 2.63 bits per heavy atom. The first-order valence-corrected chi connectivity index (χ1v) is 15.6. The number of nitrogens with zero attached hydrogens (tertiary/aromatic N) is 2. The summed E-state index contributed by atoms with van der Waals surface area (Å²) >= 11 is 0. The van der Waals surface area contributed by atoms with Crippen LogP contribution in [0.3, 0.4) is 0 Å². The van der Waals surface area contributed by atoms with Gasteiger partial charge in [-0.3, -0.25) is 14.5 Å². The summed E-state index contributed by atoms with van der Waals surface area (Å²) in [5.41, 5.74) is 9.95. The van der Waals surface area contributed by atoms with Gasteiger partial charge in [0.25, 0.3) is 11.5 Å². The first kappa shape index (κ1) is 31.4. The maximum absolute atomic E-state index is 15.2. The number of aliphatic hydroxyl groups excluding tert-OH is 1. The maximum atomic E-state index is 15.2. The summed E-state index contributed by atoms with van der Waals surface area (Å²) < 4.78 is 17.0. The van der Waals surface area contributed by atoms with E-state index in [0.717, 1.165) is 55.5 Å². The number of hydrogen-bond acceptors (Lipinski definition) is 5. The van der Waals surface area contributed by atoms with E-state index in [9.17, 15) is 14.7 Å². The van der Waals surface area contributed by atoms with Gasteiger partial charge in [0, 0.05) is 72.5 Å². The molecule has 0 bridgehead atoms. The molecule has 1 amide bonds. The number of amides is 1. The number of carbonyl (C=O) groups is 1. The Labute approximate surface area is 254 Å². The molecule has 8 heteroatoms. The number of pyridine rings is 1. The van der Waals surface area contributed by atoms with E-state index in [1.807, 2.05) is 44.3 Å². The SMILES string of the molecule is C=CCC(c1cn(CC(C)(C)CO)c(=O)c2c1CC(c1cc(C(=O)NC3CC3)cc(F)c1C)C=C2)N1CCC(C)(N)CC1. The largest absolute Gasteiger partial charge is 0.396 e. The Balaban J connectivity index is 1.59. The predicted molar refractivity (Wildman–Crippen MR) is 170 cm³/mol. The number of halogens is 1. The minimum atomic E-state index is -0.479. The Morgan fingerprint density at radius 1 is 1.30 bits per heavy atom. The van der Waals surface area contributed by atoms with E-state index < -0.39 is 11.2 Å². The zero-order valence-corrected chi connectivity index (χ0v) is 26.1. The molecule has 4 N–H and O–H groups in total. The monoisotopic (exact) mass is 590 g/mol. The van der Waals surface area contributed by atoms with Gasteiger partial charge in [-0.2, -0.15) is 0 Å². The van der Waals surface area contributed by atoms with Crippen molar-refractivity contribution in [2.45, 2.75) is 96.3 Å². The lowest BCUT2D eigenvalue weighted by atomic mass is 9.79. The van der Waals surface area contributed by atoms with Crippen molar-refractivity contribution in [3.8, 4) is 0 Å². The smallest absolute Gasteiger partial charge is 0.258 e. The summed E-state index contributed by atoms with van der Waals surface area (Å²) in [6.45, 7) is 13.8. The summed E-state index contributed by atoms with van der Waals surface area (Å²) in [5, 5.41) is 13.0. The third-order valence-corrected chi connectivity index (χ3v) is 9.49. The number of rotatable bonds is 10. The lowest BCUT2D eigenvalue weighted by Crippen LogP contribution is -2.49. The quantitative estimate of drug-likeness (QED) is 0.339. The van der Waals surface area contributed by atoms with Crippen molar-refractivity contribution in [3.05, 3.63) is 86.6 Å². The molecule has 232 valence electrons. The van der Waals surface area contributed by atoms with Crippen LogP contribution in [0, 0.1) is 18.2 Å². The zero-order valence-electron chi connectivity index (χ0n) is 26.1. The minimum Gasteiger partial charge on any atom is -0.396 e. The Kier molecular flexibility index (Phi) is 8.85. The minimum absolute atomic E-state index is 0.00734. The van der Waals surface area contributed by atoms with Crippen LogP contribution in [0.15, 0.2) is 41.9 Å². The number of nitrogens with two attached hydrogens (primary N) is 1. The van der Waals surface area contributed by atoms with E-state index in [1.54, 1.807) is 11.5 Å². The molecule has 5 rings (SSSR count). The van der Waals surface area contributed by atoms with Crippen LogP contribution in [0.1, 0.15) is 103 Å². The van der Waals surface area contributed by atoms with Crippen molar-refractivity contribution >= 4 is 12.0 Å². The van der Waals surface area contributed by atoms with Crippen LogP contribution in [0.25, 0.3) is 6.08 Å². The normalized spacial score (nSPS) is 20.9. The molecule has 2 heterocycles. The lowest BCUT2D eigenvalue weighted by molar-refractivity contribution is 0.0950. The molecule has 2 unspecified atom stereocenters.